The third-order valence-corrected chi connectivity index (χ3v) is 4.72. The molecule has 1 saturated heterocycles. The van der Waals surface area contributed by atoms with Gasteiger partial charge in [0.1, 0.15) is 0 Å². The van der Waals surface area contributed by atoms with Crippen LogP contribution in [0.15, 0.2) is 0 Å². The van der Waals surface area contributed by atoms with Crippen LogP contribution >= 0.6 is 0 Å². The molecule has 0 aromatic rings. The highest BCUT2D eigenvalue weighted by Gasteiger charge is 2.40. The van der Waals surface area contributed by atoms with E-state index in [1.54, 1.807) is 0 Å². The Morgan fingerprint density at radius 1 is 1.06 bits per heavy atom. The number of hydrogen-bond donors (Lipinski definition) is 0. The maximum atomic E-state index is 5.89. The van der Waals surface area contributed by atoms with Crippen molar-refractivity contribution in [2.24, 2.45) is 17.3 Å². The monoisotopic (exact) mass is 240 g/mol. The molecule has 17 heavy (non-hydrogen) atoms. The Kier molecular flexibility index (Phi) is 4.48. The predicted octanol–water partition coefficient (Wildman–Crippen LogP) is 3.99. The molecule has 0 unspecified atom stereocenters. The van der Waals surface area contributed by atoms with Gasteiger partial charge in [-0.05, 0) is 31.1 Å². The van der Waals surface area contributed by atoms with Crippen LogP contribution in [0, 0.1) is 17.3 Å². The fourth-order valence-electron chi connectivity index (χ4n) is 3.25. The van der Waals surface area contributed by atoms with E-state index >= 15 is 0 Å². The molecule has 2 rings (SSSR count). The Morgan fingerprint density at radius 2 is 1.65 bits per heavy atom. The predicted molar refractivity (Wildman–Crippen MR) is 69.8 cm³/mol. The molecule has 1 saturated carbocycles. The molecule has 0 aromatic heterocycles. The van der Waals surface area contributed by atoms with Crippen LogP contribution < -0.4 is 0 Å². The molecule has 1 heterocycles. The van der Waals surface area contributed by atoms with Gasteiger partial charge in [0.25, 0.3) is 0 Å². The van der Waals surface area contributed by atoms with Gasteiger partial charge in [-0.15, -0.1) is 0 Å². The van der Waals surface area contributed by atoms with E-state index in [0.717, 1.165) is 37.9 Å². The van der Waals surface area contributed by atoms with Crippen molar-refractivity contribution in [3.63, 3.8) is 0 Å². The highest BCUT2D eigenvalue weighted by molar-refractivity contribution is 4.87. The summed E-state index contributed by atoms with van der Waals surface area (Å²) in [6, 6.07) is 0. The molecule has 2 aliphatic rings. The molecule has 1 aliphatic carbocycles. The quantitative estimate of drug-likeness (QED) is 0.742. The van der Waals surface area contributed by atoms with Gasteiger partial charge in [-0.2, -0.15) is 0 Å². The largest absolute Gasteiger partial charge is 0.352 e. The zero-order chi connectivity index (χ0) is 12.3. The average Bonchev–Trinajstić information content (AvgIpc) is 2.33. The molecular weight excluding hydrogens is 212 g/mol. The minimum Gasteiger partial charge on any atom is -0.352 e. The van der Waals surface area contributed by atoms with E-state index in [-0.39, 0.29) is 11.7 Å². The molecular formula is C15H28O2. The maximum Gasteiger partial charge on any atom is 0.157 e. The van der Waals surface area contributed by atoms with Gasteiger partial charge in [0, 0.05) is 5.41 Å². The SMILES string of the molecule is CCCC1OCC(C)(C2CCC(C)CC2)CO1. The lowest BCUT2D eigenvalue weighted by molar-refractivity contribution is -0.241. The molecule has 0 radical (unpaired) electrons. The summed E-state index contributed by atoms with van der Waals surface area (Å²) in [6.07, 6.45) is 7.75. The zero-order valence-electron chi connectivity index (χ0n) is 11.7. The summed E-state index contributed by atoms with van der Waals surface area (Å²) in [6.45, 7) is 8.72. The molecule has 0 spiro atoms. The summed E-state index contributed by atoms with van der Waals surface area (Å²) in [5.74, 6) is 1.73. The highest BCUT2D eigenvalue weighted by Crippen LogP contribution is 2.42. The van der Waals surface area contributed by atoms with Gasteiger partial charge in [0.2, 0.25) is 0 Å². The van der Waals surface area contributed by atoms with Crippen LogP contribution in [0.5, 0.6) is 0 Å². The molecule has 0 atom stereocenters. The Hall–Kier alpha value is -0.0800. The lowest BCUT2D eigenvalue weighted by Crippen LogP contribution is -2.45. The fraction of sp³-hybridized carbons (Fsp3) is 1.00. The summed E-state index contributed by atoms with van der Waals surface area (Å²) in [4.78, 5) is 0. The molecule has 0 amide bonds. The minimum atomic E-state index is 0.0654. The van der Waals surface area contributed by atoms with Gasteiger partial charge < -0.3 is 9.47 Å². The molecule has 0 bridgehead atoms. The van der Waals surface area contributed by atoms with Gasteiger partial charge >= 0.3 is 0 Å². The van der Waals surface area contributed by atoms with E-state index in [4.69, 9.17) is 9.47 Å². The Labute approximate surface area is 106 Å². The Morgan fingerprint density at radius 3 is 2.18 bits per heavy atom. The first-order valence-electron chi connectivity index (χ1n) is 7.37. The van der Waals surface area contributed by atoms with Crippen LogP contribution in [-0.4, -0.2) is 19.5 Å². The van der Waals surface area contributed by atoms with Gasteiger partial charge in [-0.25, -0.2) is 0 Å². The number of rotatable bonds is 3. The standard InChI is InChI=1S/C15H28O2/c1-4-5-14-16-10-15(3,11-17-14)13-8-6-12(2)7-9-13/h12-14H,4-11H2,1-3H3. The van der Waals surface area contributed by atoms with E-state index in [1.165, 1.54) is 25.7 Å². The van der Waals surface area contributed by atoms with E-state index in [1.807, 2.05) is 0 Å². The molecule has 2 heteroatoms. The van der Waals surface area contributed by atoms with Crippen LogP contribution in [0.3, 0.4) is 0 Å². The van der Waals surface area contributed by atoms with Crippen molar-refractivity contribution in [2.45, 2.75) is 65.6 Å². The van der Waals surface area contributed by atoms with Crippen LogP contribution in [0.2, 0.25) is 0 Å². The normalized spacial score (nSPS) is 43.6. The van der Waals surface area contributed by atoms with Gasteiger partial charge in [0.15, 0.2) is 6.29 Å². The third kappa shape index (κ3) is 3.23. The lowest BCUT2D eigenvalue weighted by Gasteiger charge is -2.45. The molecule has 2 fully saturated rings. The summed E-state index contributed by atoms with van der Waals surface area (Å²) in [5, 5.41) is 0. The van der Waals surface area contributed by atoms with Crippen molar-refractivity contribution in [3.05, 3.63) is 0 Å². The van der Waals surface area contributed by atoms with Gasteiger partial charge in [-0.3, -0.25) is 0 Å². The Balaban J connectivity index is 1.84. The third-order valence-electron chi connectivity index (χ3n) is 4.72. The summed E-state index contributed by atoms with van der Waals surface area (Å²) in [5.41, 5.74) is 0.268. The van der Waals surface area contributed by atoms with Crippen molar-refractivity contribution in [3.8, 4) is 0 Å². The number of ether oxygens (including phenoxy) is 2. The van der Waals surface area contributed by atoms with Gasteiger partial charge in [0.05, 0.1) is 13.2 Å². The Bertz CT molecular complexity index is 223. The van der Waals surface area contributed by atoms with Crippen LogP contribution in [0.4, 0.5) is 0 Å². The smallest absolute Gasteiger partial charge is 0.157 e. The molecule has 2 nitrogen and oxygen atoms in total. The number of hydrogen-bond acceptors (Lipinski definition) is 2. The highest BCUT2D eigenvalue weighted by atomic mass is 16.7. The van der Waals surface area contributed by atoms with Crippen LogP contribution in [-0.2, 0) is 9.47 Å². The lowest BCUT2D eigenvalue weighted by atomic mass is 9.68. The first-order valence-corrected chi connectivity index (χ1v) is 7.37. The molecule has 0 N–H and O–H groups in total. The molecule has 0 aromatic carbocycles. The second-order valence-electron chi connectivity index (χ2n) is 6.45. The van der Waals surface area contributed by atoms with Crippen molar-refractivity contribution in [1.82, 2.24) is 0 Å². The van der Waals surface area contributed by atoms with Crippen molar-refractivity contribution in [1.29, 1.82) is 0 Å². The topological polar surface area (TPSA) is 18.5 Å². The van der Waals surface area contributed by atoms with E-state index < -0.39 is 0 Å². The van der Waals surface area contributed by atoms with Crippen molar-refractivity contribution >= 4 is 0 Å². The van der Waals surface area contributed by atoms with Crippen LogP contribution in [0.25, 0.3) is 0 Å². The van der Waals surface area contributed by atoms with Crippen molar-refractivity contribution in [2.75, 3.05) is 13.2 Å². The van der Waals surface area contributed by atoms with Gasteiger partial charge in [-0.1, -0.05) is 40.0 Å². The van der Waals surface area contributed by atoms with Crippen molar-refractivity contribution < 1.29 is 9.47 Å². The summed E-state index contributed by atoms with van der Waals surface area (Å²) >= 11 is 0. The molecule has 1 aliphatic heterocycles. The molecule has 100 valence electrons. The van der Waals surface area contributed by atoms with E-state index in [0.29, 0.717) is 0 Å². The van der Waals surface area contributed by atoms with E-state index in [9.17, 15) is 0 Å². The average molecular weight is 240 g/mol. The first kappa shape index (κ1) is 13.4. The second kappa shape index (κ2) is 5.71. The zero-order valence-corrected chi connectivity index (χ0v) is 11.7. The second-order valence-corrected chi connectivity index (χ2v) is 6.45. The van der Waals surface area contributed by atoms with Crippen LogP contribution in [0.1, 0.15) is 59.3 Å². The minimum absolute atomic E-state index is 0.0654. The maximum absolute atomic E-state index is 5.89. The summed E-state index contributed by atoms with van der Waals surface area (Å²) < 4.78 is 11.8. The fourth-order valence-corrected chi connectivity index (χ4v) is 3.25. The summed E-state index contributed by atoms with van der Waals surface area (Å²) in [7, 11) is 0. The first-order chi connectivity index (χ1) is 8.14. The van der Waals surface area contributed by atoms with E-state index in [2.05, 4.69) is 20.8 Å².